The third-order valence-electron chi connectivity index (χ3n) is 1.21. The number of urea groups is 1. The molecule has 4 heteroatoms. The van der Waals surface area contributed by atoms with E-state index in [0.29, 0.717) is 12.3 Å². The predicted octanol–water partition coefficient (Wildman–Crippen LogP) is 0.618. The highest BCUT2D eigenvalue weighted by atomic mass is 16.2. The quantitative estimate of drug-likeness (QED) is 0.631. The molecule has 0 fully saturated rings. The normalized spacial score (nSPS) is 9.73. The fourth-order valence-electron chi connectivity index (χ4n) is 0.620. The van der Waals surface area contributed by atoms with Gasteiger partial charge in [0.15, 0.2) is 0 Å². The lowest BCUT2D eigenvalue weighted by Gasteiger charge is -2.02. The zero-order valence-corrected chi connectivity index (χ0v) is 6.89. The van der Waals surface area contributed by atoms with Crippen LogP contribution in [-0.4, -0.2) is 11.9 Å². The van der Waals surface area contributed by atoms with Crippen LogP contribution in [0.2, 0.25) is 0 Å². The van der Waals surface area contributed by atoms with Gasteiger partial charge in [0.25, 0.3) is 0 Å². The molecule has 4 nitrogen and oxygen atoms in total. The summed E-state index contributed by atoms with van der Waals surface area (Å²) < 4.78 is 0. The number of carbonyl (C=O) groups excluding carboxylic acids is 2. The van der Waals surface area contributed by atoms with Crippen molar-refractivity contribution in [1.29, 1.82) is 0 Å². The first kappa shape index (κ1) is 9.94. The number of carbonyl (C=O) groups is 2. The van der Waals surface area contributed by atoms with E-state index < -0.39 is 6.03 Å². The van der Waals surface area contributed by atoms with Crippen molar-refractivity contribution in [3.8, 4) is 0 Å². The molecule has 0 aromatic heterocycles. The van der Waals surface area contributed by atoms with Crippen LogP contribution in [0.3, 0.4) is 0 Å². The third-order valence-corrected chi connectivity index (χ3v) is 1.21. The van der Waals surface area contributed by atoms with E-state index in [2.05, 4.69) is 0 Å². The molecule has 0 heterocycles. The summed E-state index contributed by atoms with van der Waals surface area (Å²) in [6, 6.07) is -0.779. The molecule has 0 saturated carbocycles. The van der Waals surface area contributed by atoms with E-state index in [0.717, 1.165) is 6.42 Å². The molecule has 0 aliphatic carbocycles. The highest BCUT2D eigenvalue weighted by molar-refractivity contribution is 5.93. The third kappa shape index (κ3) is 6.83. The minimum absolute atomic E-state index is 0.300. The summed E-state index contributed by atoms with van der Waals surface area (Å²) in [7, 11) is 0. The molecular formula is C7H14N2O2. The van der Waals surface area contributed by atoms with Crippen molar-refractivity contribution in [3.63, 3.8) is 0 Å². The van der Waals surface area contributed by atoms with Crippen LogP contribution in [0.25, 0.3) is 0 Å². The van der Waals surface area contributed by atoms with Crippen LogP contribution >= 0.6 is 0 Å². The second-order valence-electron chi connectivity index (χ2n) is 2.84. The van der Waals surface area contributed by atoms with Crippen LogP contribution in [0.15, 0.2) is 0 Å². The van der Waals surface area contributed by atoms with Gasteiger partial charge < -0.3 is 5.73 Å². The van der Waals surface area contributed by atoms with Crippen molar-refractivity contribution in [1.82, 2.24) is 5.32 Å². The van der Waals surface area contributed by atoms with Crippen LogP contribution in [0.4, 0.5) is 4.79 Å². The highest BCUT2D eigenvalue weighted by Crippen LogP contribution is 2.02. The van der Waals surface area contributed by atoms with E-state index in [1.807, 2.05) is 19.2 Å². The number of nitrogens with one attached hydrogen (secondary N) is 1. The second kappa shape index (κ2) is 4.71. The maximum atomic E-state index is 10.7. The Balaban J connectivity index is 3.46. The Morgan fingerprint density at radius 2 is 2.00 bits per heavy atom. The Kier molecular flexibility index (Phi) is 4.26. The summed E-state index contributed by atoms with van der Waals surface area (Å²) in [5, 5.41) is 2.00. The first-order valence-electron chi connectivity index (χ1n) is 3.61. The van der Waals surface area contributed by atoms with Crippen molar-refractivity contribution < 1.29 is 9.59 Å². The van der Waals surface area contributed by atoms with Gasteiger partial charge in [-0.1, -0.05) is 13.8 Å². The molecule has 0 spiro atoms. The molecular weight excluding hydrogens is 144 g/mol. The molecule has 0 radical (unpaired) electrons. The Hall–Kier alpha value is -1.06. The highest BCUT2D eigenvalue weighted by Gasteiger charge is 2.04. The first-order valence-corrected chi connectivity index (χ1v) is 3.61. The molecule has 0 aliphatic heterocycles. The molecule has 0 bridgehead atoms. The van der Waals surface area contributed by atoms with Gasteiger partial charge in [-0.3, -0.25) is 10.1 Å². The van der Waals surface area contributed by atoms with Crippen molar-refractivity contribution in [2.45, 2.75) is 26.7 Å². The minimum atomic E-state index is -0.779. The average molecular weight is 158 g/mol. The summed E-state index contributed by atoms with van der Waals surface area (Å²) in [5.41, 5.74) is 4.73. The van der Waals surface area contributed by atoms with Crippen molar-refractivity contribution >= 4 is 11.9 Å². The van der Waals surface area contributed by atoms with Gasteiger partial charge >= 0.3 is 6.03 Å². The molecule has 0 unspecified atom stereocenters. The standard InChI is InChI=1S/C7H14N2O2/c1-5(2)3-4-6(10)9-7(8)11/h5H,3-4H2,1-2H3,(H3,8,9,10,11). The largest absolute Gasteiger partial charge is 0.351 e. The molecule has 0 rings (SSSR count). The number of hydrogen-bond donors (Lipinski definition) is 2. The van der Waals surface area contributed by atoms with Gasteiger partial charge in [0.1, 0.15) is 0 Å². The molecule has 0 aromatic rings. The van der Waals surface area contributed by atoms with Gasteiger partial charge in [0.05, 0.1) is 0 Å². The summed E-state index contributed by atoms with van der Waals surface area (Å²) >= 11 is 0. The number of rotatable bonds is 3. The fourth-order valence-corrected chi connectivity index (χ4v) is 0.620. The average Bonchev–Trinajstić information content (AvgIpc) is 1.82. The molecule has 0 atom stereocenters. The molecule has 11 heavy (non-hydrogen) atoms. The van der Waals surface area contributed by atoms with Crippen molar-refractivity contribution in [3.05, 3.63) is 0 Å². The van der Waals surface area contributed by atoms with E-state index in [9.17, 15) is 9.59 Å². The van der Waals surface area contributed by atoms with Gasteiger partial charge in [-0.25, -0.2) is 4.79 Å². The van der Waals surface area contributed by atoms with E-state index in [1.54, 1.807) is 0 Å². The monoisotopic (exact) mass is 158 g/mol. The fraction of sp³-hybridized carbons (Fsp3) is 0.714. The van der Waals surface area contributed by atoms with Crippen LogP contribution in [-0.2, 0) is 4.79 Å². The Morgan fingerprint density at radius 1 is 1.45 bits per heavy atom. The summed E-state index contributed by atoms with van der Waals surface area (Å²) in [5.74, 6) is 0.167. The number of amides is 3. The molecule has 0 aromatic carbocycles. The predicted molar refractivity (Wildman–Crippen MR) is 41.8 cm³/mol. The van der Waals surface area contributed by atoms with Crippen LogP contribution in [0.1, 0.15) is 26.7 Å². The number of nitrogens with two attached hydrogens (primary N) is 1. The second-order valence-corrected chi connectivity index (χ2v) is 2.84. The van der Waals surface area contributed by atoms with Crippen molar-refractivity contribution in [2.24, 2.45) is 11.7 Å². The SMILES string of the molecule is CC(C)CCC(=O)NC(N)=O. The van der Waals surface area contributed by atoms with Gasteiger partial charge in [0, 0.05) is 6.42 Å². The molecule has 3 N–H and O–H groups in total. The number of imide groups is 1. The van der Waals surface area contributed by atoms with Gasteiger partial charge in [-0.2, -0.15) is 0 Å². The molecule has 64 valence electrons. The Morgan fingerprint density at radius 3 is 2.36 bits per heavy atom. The minimum Gasteiger partial charge on any atom is -0.351 e. The number of hydrogen-bond acceptors (Lipinski definition) is 2. The molecule has 3 amide bonds. The van der Waals surface area contributed by atoms with Crippen LogP contribution in [0.5, 0.6) is 0 Å². The van der Waals surface area contributed by atoms with Crippen LogP contribution in [0, 0.1) is 5.92 Å². The van der Waals surface area contributed by atoms with E-state index in [-0.39, 0.29) is 5.91 Å². The summed E-state index contributed by atoms with van der Waals surface area (Å²) in [6.07, 6.45) is 1.14. The molecule has 0 aliphatic rings. The Bertz CT molecular complexity index is 155. The zero-order chi connectivity index (χ0) is 8.85. The maximum Gasteiger partial charge on any atom is 0.318 e. The van der Waals surface area contributed by atoms with E-state index in [1.165, 1.54) is 0 Å². The topological polar surface area (TPSA) is 72.2 Å². The zero-order valence-electron chi connectivity index (χ0n) is 6.89. The Labute approximate surface area is 66.1 Å². The lowest BCUT2D eigenvalue weighted by atomic mass is 10.1. The number of primary amides is 1. The lowest BCUT2D eigenvalue weighted by Crippen LogP contribution is -2.34. The van der Waals surface area contributed by atoms with Gasteiger partial charge in [-0.15, -0.1) is 0 Å². The lowest BCUT2D eigenvalue weighted by molar-refractivity contribution is -0.120. The van der Waals surface area contributed by atoms with E-state index in [4.69, 9.17) is 5.73 Å². The summed E-state index contributed by atoms with van der Waals surface area (Å²) in [4.78, 5) is 20.9. The maximum absolute atomic E-state index is 10.7. The smallest absolute Gasteiger partial charge is 0.318 e. The molecule has 0 saturated heterocycles. The van der Waals surface area contributed by atoms with Crippen LogP contribution < -0.4 is 11.1 Å². The van der Waals surface area contributed by atoms with Crippen molar-refractivity contribution in [2.75, 3.05) is 0 Å². The van der Waals surface area contributed by atoms with E-state index >= 15 is 0 Å². The summed E-state index contributed by atoms with van der Waals surface area (Å²) in [6.45, 7) is 4.02. The van der Waals surface area contributed by atoms with Gasteiger partial charge in [0.2, 0.25) is 5.91 Å². The first-order chi connectivity index (χ1) is 5.02. The van der Waals surface area contributed by atoms with Gasteiger partial charge in [-0.05, 0) is 12.3 Å².